The molecule has 0 bridgehead atoms. The maximum atomic E-state index is 11.6. The Morgan fingerprint density at radius 2 is 2.08 bits per heavy atom. The Hall–Kier alpha value is -3.06. The molecule has 7 heteroatoms. The number of nitrogens with one attached hydrogen (secondary N) is 1. The van der Waals surface area contributed by atoms with Crippen LogP contribution in [0.25, 0.3) is 28.2 Å². The highest BCUT2D eigenvalue weighted by Gasteiger charge is 2.25. The predicted octanol–water partition coefficient (Wildman–Crippen LogP) is 3.52. The fraction of sp³-hybridized carbons (Fsp3) is 0. The van der Waals surface area contributed by atoms with Crippen molar-refractivity contribution in [2.45, 2.75) is 0 Å². The molecule has 0 saturated carbocycles. The normalized spacial score (nSPS) is 16.1. The van der Waals surface area contributed by atoms with E-state index in [1.54, 1.807) is 36.7 Å². The van der Waals surface area contributed by atoms with Gasteiger partial charge in [-0.2, -0.15) is 0 Å². The lowest BCUT2D eigenvalue weighted by atomic mass is 10.1. The zero-order chi connectivity index (χ0) is 16.7. The first-order valence-corrected chi connectivity index (χ1v) is 7.83. The molecule has 0 radical (unpaired) electrons. The largest absolute Gasteiger partial charge is 0.508 e. The minimum absolute atomic E-state index is 0.149. The van der Waals surface area contributed by atoms with Crippen LogP contribution in [0, 0.1) is 0 Å². The van der Waals surface area contributed by atoms with E-state index in [4.69, 9.17) is 4.42 Å². The van der Waals surface area contributed by atoms with Crippen LogP contribution in [0.2, 0.25) is 0 Å². The molecular formula is C17H10N2O4S. The van der Waals surface area contributed by atoms with Gasteiger partial charge < -0.3 is 9.52 Å². The minimum atomic E-state index is -0.434. The van der Waals surface area contributed by atoms with Gasteiger partial charge in [-0.1, -0.05) is 12.1 Å². The van der Waals surface area contributed by atoms with Crippen molar-refractivity contribution in [3.63, 3.8) is 0 Å². The zero-order valence-corrected chi connectivity index (χ0v) is 13.0. The van der Waals surface area contributed by atoms with E-state index in [9.17, 15) is 14.7 Å². The topological polar surface area (TPSA) is 92.4 Å². The smallest absolute Gasteiger partial charge is 0.290 e. The van der Waals surface area contributed by atoms with Crippen LogP contribution in [0.5, 0.6) is 5.75 Å². The lowest BCUT2D eigenvalue weighted by Crippen LogP contribution is -2.17. The fourth-order valence-corrected chi connectivity index (χ4v) is 3.14. The number of fused-ring (bicyclic) bond motifs is 1. The van der Waals surface area contributed by atoms with E-state index in [1.165, 1.54) is 6.08 Å². The molecule has 0 unspecified atom stereocenters. The van der Waals surface area contributed by atoms with E-state index in [-0.39, 0.29) is 10.7 Å². The predicted molar refractivity (Wildman–Crippen MR) is 90.2 cm³/mol. The van der Waals surface area contributed by atoms with Gasteiger partial charge in [-0.15, -0.1) is 0 Å². The summed E-state index contributed by atoms with van der Waals surface area (Å²) in [5.41, 5.74) is 2.09. The third-order valence-electron chi connectivity index (χ3n) is 3.51. The SMILES string of the molecule is O=C1NC(=O)C(=Cc2cc3cncc(-c4cccc(O)c4)c3o2)S1. The van der Waals surface area contributed by atoms with Gasteiger partial charge in [0, 0.05) is 29.4 Å². The van der Waals surface area contributed by atoms with Gasteiger partial charge in [0.2, 0.25) is 0 Å². The number of aromatic nitrogens is 1. The first-order valence-electron chi connectivity index (χ1n) is 7.02. The molecule has 1 aromatic carbocycles. The minimum Gasteiger partial charge on any atom is -0.508 e. The standard InChI is InChI=1S/C17H10N2O4S/c20-11-3-1-2-9(4-11)13-8-18-7-10-5-12(23-15(10)13)6-14-16(21)19-17(22)24-14/h1-8,20H,(H,19,21,22). The molecule has 0 atom stereocenters. The lowest BCUT2D eigenvalue weighted by molar-refractivity contribution is -0.115. The van der Waals surface area contributed by atoms with Crippen LogP contribution in [-0.2, 0) is 4.79 Å². The quantitative estimate of drug-likeness (QED) is 0.695. The summed E-state index contributed by atoms with van der Waals surface area (Å²) in [6.45, 7) is 0. The Bertz CT molecular complexity index is 1020. The summed E-state index contributed by atoms with van der Waals surface area (Å²) in [6, 6.07) is 8.53. The number of rotatable bonds is 2. The van der Waals surface area contributed by atoms with E-state index >= 15 is 0 Å². The van der Waals surface area contributed by atoms with Gasteiger partial charge in [-0.05, 0) is 35.5 Å². The number of carbonyl (C=O) groups excluding carboxylic acids is 2. The fourth-order valence-electron chi connectivity index (χ4n) is 2.48. The molecule has 1 saturated heterocycles. The maximum Gasteiger partial charge on any atom is 0.290 e. The Balaban J connectivity index is 1.82. The van der Waals surface area contributed by atoms with Crippen molar-refractivity contribution in [1.29, 1.82) is 0 Å². The number of imide groups is 1. The molecule has 6 nitrogen and oxygen atoms in total. The van der Waals surface area contributed by atoms with Crippen LogP contribution in [0.3, 0.4) is 0 Å². The monoisotopic (exact) mass is 338 g/mol. The number of phenolic OH excluding ortho intramolecular Hbond substituents is 1. The average molecular weight is 338 g/mol. The molecule has 1 aliphatic heterocycles. The number of aromatic hydroxyl groups is 1. The van der Waals surface area contributed by atoms with Crippen molar-refractivity contribution in [3.05, 3.63) is 53.4 Å². The summed E-state index contributed by atoms with van der Waals surface area (Å²) in [5.74, 6) is 0.166. The number of amides is 2. The van der Waals surface area contributed by atoms with Crippen molar-refractivity contribution < 1.29 is 19.1 Å². The molecular weight excluding hydrogens is 328 g/mol. The summed E-state index contributed by atoms with van der Waals surface area (Å²) in [4.78, 5) is 27.3. The first kappa shape index (κ1) is 14.5. The molecule has 3 heterocycles. The number of furan rings is 1. The van der Waals surface area contributed by atoms with E-state index in [0.717, 1.165) is 28.3 Å². The van der Waals surface area contributed by atoms with Gasteiger partial charge in [0.1, 0.15) is 17.1 Å². The Morgan fingerprint density at radius 3 is 2.83 bits per heavy atom. The molecule has 2 amide bonds. The second-order valence-electron chi connectivity index (χ2n) is 5.16. The van der Waals surface area contributed by atoms with E-state index in [2.05, 4.69) is 10.3 Å². The summed E-state index contributed by atoms with van der Waals surface area (Å²) in [5, 5.41) is 12.2. The van der Waals surface area contributed by atoms with Crippen LogP contribution in [0.1, 0.15) is 5.76 Å². The summed E-state index contributed by atoms with van der Waals surface area (Å²) < 4.78 is 5.84. The number of benzene rings is 1. The number of thioether (sulfide) groups is 1. The van der Waals surface area contributed by atoms with Crippen molar-refractivity contribution in [1.82, 2.24) is 10.3 Å². The van der Waals surface area contributed by atoms with Crippen molar-refractivity contribution in [2.75, 3.05) is 0 Å². The number of nitrogens with zero attached hydrogens (tertiary/aromatic N) is 1. The average Bonchev–Trinajstić information content (AvgIpc) is 3.09. The second kappa shape index (κ2) is 5.54. The third-order valence-corrected chi connectivity index (χ3v) is 4.32. The number of phenols is 1. The molecule has 3 aromatic rings. The van der Waals surface area contributed by atoms with Crippen molar-refractivity contribution in [2.24, 2.45) is 0 Å². The molecule has 1 fully saturated rings. The van der Waals surface area contributed by atoms with Crippen LogP contribution in [0.15, 0.2) is 52.0 Å². The molecule has 2 N–H and O–H groups in total. The molecule has 2 aromatic heterocycles. The van der Waals surface area contributed by atoms with Crippen LogP contribution >= 0.6 is 11.8 Å². The molecule has 0 spiro atoms. The third kappa shape index (κ3) is 2.55. The number of carbonyl (C=O) groups is 2. The van der Waals surface area contributed by atoms with Crippen LogP contribution in [0.4, 0.5) is 4.79 Å². The number of hydrogen-bond donors (Lipinski definition) is 2. The van der Waals surface area contributed by atoms with E-state index in [1.807, 2.05) is 6.07 Å². The summed E-state index contributed by atoms with van der Waals surface area (Å²) >= 11 is 0.834. The van der Waals surface area contributed by atoms with Gasteiger partial charge in [-0.25, -0.2) is 0 Å². The molecule has 118 valence electrons. The maximum absolute atomic E-state index is 11.6. The van der Waals surface area contributed by atoms with Crippen LogP contribution in [-0.4, -0.2) is 21.2 Å². The highest BCUT2D eigenvalue weighted by atomic mass is 32.2. The second-order valence-corrected chi connectivity index (χ2v) is 6.17. The zero-order valence-electron chi connectivity index (χ0n) is 12.1. The molecule has 24 heavy (non-hydrogen) atoms. The van der Waals surface area contributed by atoms with Crippen LogP contribution < -0.4 is 5.32 Å². The van der Waals surface area contributed by atoms with Gasteiger partial charge in [0.25, 0.3) is 11.1 Å². The molecule has 4 rings (SSSR count). The number of pyridine rings is 1. The van der Waals surface area contributed by atoms with E-state index < -0.39 is 11.1 Å². The van der Waals surface area contributed by atoms with Gasteiger partial charge in [0.05, 0.1) is 4.91 Å². The molecule has 0 aliphatic carbocycles. The highest BCUT2D eigenvalue weighted by molar-refractivity contribution is 8.18. The van der Waals surface area contributed by atoms with E-state index in [0.29, 0.717) is 11.3 Å². The number of hydrogen-bond acceptors (Lipinski definition) is 6. The van der Waals surface area contributed by atoms with Crippen molar-refractivity contribution >= 4 is 40.0 Å². The highest BCUT2D eigenvalue weighted by Crippen LogP contribution is 2.33. The Labute approximate surface area is 140 Å². The summed E-state index contributed by atoms with van der Waals surface area (Å²) in [7, 11) is 0. The Kier molecular flexibility index (Phi) is 3.35. The van der Waals surface area contributed by atoms with Crippen molar-refractivity contribution in [3.8, 4) is 16.9 Å². The Morgan fingerprint density at radius 1 is 1.21 bits per heavy atom. The van der Waals surface area contributed by atoms with Gasteiger partial charge in [0.15, 0.2) is 0 Å². The van der Waals surface area contributed by atoms with Gasteiger partial charge >= 0.3 is 0 Å². The summed E-state index contributed by atoms with van der Waals surface area (Å²) in [6.07, 6.45) is 4.83. The molecule has 1 aliphatic rings. The lowest BCUT2D eigenvalue weighted by Gasteiger charge is -2.02. The first-order chi connectivity index (χ1) is 11.6. The van der Waals surface area contributed by atoms with Gasteiger partial charge in [-0.3, -0.25) is 19.9 Å².